The van der Waals surface area contributed by atoms with Crippen LogP contribution in [-0.4, -0.2) is 47.6 Å². The third kappa shape index (κ3) is 6.70. The summed E-state index contributed by atoms with van der Waals surface area (Å²) in [5, 5.41) is 3.92. The molecule has 0 aliphatic rings. The molecule has 0 saturated heterocycles. The number of nitrogens with one attached hydrogen (secondary N) is 1. The van der Waals surface area contributed by atoms with Crippen molar-refractivity contribution in [3.8, 4) is 11.5 Å². The number of halogens is 1. The monoisotopic (exact) mass is 511 g/mol. The van der Waals surface area contributed by atoms with Crippen molar-refractivity contribution < 1.29 is 22.7 Å². The van der Waals surface area contributed by atoms with Gasteiger partial charge in [0.05, 0.1) is 36.9 Å². The zero-order chi connectivity index (χ0) is 23.2. The summed E-state index contributed by atoms with van der Waals surface area (Å²) in [5.41, 5.74) is 4.49. The summed E-state index contributed by atoms with van der Waals surface area (Å²) in [5.74, 6) is 0.776. The molecular weight excluding hydrogens is 486 g/mol. The van der Waals surface area contributed by atoms with E-state index >= 15 is 0 Å². The van der Waals surface area contributed by atoms with Crippen LogP contribution in [0.2, 0.25) is 0 Å². The molecule has 1 amide bonds. The fourth-order valence-corrected chi connectivity index (χ4v) is 4.26. The molecular formula is C21H26BrN3O5S. The molecule has 0 aliphatic heterocycles. The zero-order valence-corrected chi connectivity index (χ0v) is 20.5. The highest BCUT2D eigenvalue weighted by atomic mass is 79.9. The first-order chi connectivity index (χ1) is 14.6. The molecule has 2 aromatic rings. The Kier molecular flexibility index (Phi) is 8.46. The van der Waals surface area contributed by atoms with E-state index in [-0.39, 0.29) is 0 Å². The van der Waals surface area contributed by atoms with Crippen LogP contribution >= 0.6 is 15.9 Å². The highest BCUT2D eigenvalue weighted by Gasteiger charge is 2.21. The van der Waals surface area contributed by atoms with Gasteiger partial charge in [0.1, 0.15) is 6.54 Å². The maximum atomic E-state index is 12.3. The normalized spacial score (nSPS) is 11.6. The van der Waals surface area contributed by atoms with Gasteiger partial charge in [-0.1, -0.05) is 26.0 Å². The van der Waals surface area contributed by atoms with E-state index < -0.39 is 22.5 Å². The number of amides is 1. The second kappa shape index (κ2) is 10.6. The van der Waals surface area contributed by atoms with Crippen LogP contribution in [-0.2, 0) is 14.8 Å². The van der Waals surface area contributed by atoms with E-state index in [1.165, 1.54) is 20.4 Å². The van der Waals surface area contributed by atoms with Gasteiger partial charge in [0.2, 0.25) is 10.0 Å². The Morgan fingerprint density at radius 3 is 2.35 bits per heavy atom. The summed E-state index contributed by atoms with van der Waals surface area (Å²) in [6, 6.07) is 10.5. The Hall–Kier alpha value is -2.59. The minimum absolute atomic E-state index is 0.315. The molecule has 168 valence electrons. The maximum Gasteiger partial charge on any atom is 0.260 e. The van der Waals surface area contributed by atoms with Crippen LogP contribution in [0.3, 0.4) is 0 Å². The van der Waals surface area contributed by atoms with Crippen LogP contribution in [0.15, 0.2) is 46.0 Å². The summed E-state index contributed by atoms with van der Waals surface area (Å²) in [6.07, 6.45) is 2.48. The lowest BCUT2D eigenvalue weighted by Gasteiger charge is -2.21. The summed E-state index contributed by atoms with van der Waals surface area (Å²) < 4.78 is 36.7. The van der Waals surface area contributed by atoms with Gasteiger partial charge in [0.15, 0.2) is 11.5 Å². The molecule has 0 atom stereocenters. The molecule has 2 aromatic carbocycles. The Labute approximate surface area is 191 Å². The van der Waals surface area contributed by atoms with Crippen molar-refractivity contribution in [1.82, 2.24) is 5.43 Å². The molecule has 0 bridgehead atoms. The summed E-state index contributed by atoms with van der Waals surface area (Å²) >= 11 is 3.39. The predicted octanol–water partition coefficient (Wildman–Crippen LogP) is 3.51. The summed E-state index contributed by atoms with van der Waals surface area (Å²) in [4.78, 5) is 12.3. The smallest absolute Gasteiger partial charge is 0.260 e. The molecule has 0 spiro atoms. The van der Waals surface area contributed by atoms with Crippen molar-refractivity contribution in [2.75, 3.05) is 31.3 Å². The van der Waals surface area contributed by atoms with E-state index in [2.05, 4.69) is 26.5 Å². The van der Waals surface area contributed by atoms with Crippen LogP contribution in [0, 0.1) is 0 Å². The second-order valence-electron chi connectivity index (χ2n) is 7.05. The van der Waals surface area contributed by atoms with Gasteiger partial charge in [-0.15, -0.1) is 0 Å². The number of sulfonamides is 1. The molecule has 0 aliphatic carbocycles. The zero-order valence-electron chi connectivity index (χ0n) is 18.0. The fourth-order valence-electron chi connectivity index (χ4n) is 2.78. The van der Waals surface area contributed by atoms with Crippen LogP contribution in [0.4, 0.5) is 5.69 Å². The summed E-state index contributed by atoms with van der Waals surface area (Å²) in [7, 11) is -0.619. The average molecular weight is 512 g/mol. The number of carbonyl (C=O) groups is 1. The lowest BCUT2D eigenvalue weighted by atomic mass is 10.0. The average Bonchev–Trinajstić information content (AvgIpc) is 2.70. The Balaban J connectivity index is 2.12. The highest BCUT2D eigenvalue weighted by molar-refractivity contribution is 9.10. The Morgan fingerprint density at radius 2 is 1.84 bits per heavy atom. The third-order valence-electron chi connectivity index (χ3n) is 4.39. The van der Waals surface area contributed by atoms with E-state index in [1.807, 2.05) is 26.0 Å². The third-order valence-corrected chi connectivity index (χ3v) is 6.12. The Morgan fingerprint density at radius 1 is 1.19 bits per heavy atom. The van der Waals surface area contributed by atoms with E-state index in [0.29, 0.717) is 33.1 Å². The molecule has 10 heteroatoms. The van der Waals surface area contributed by atoms with Gasteiger partial charge >= 0.3 is 0 Å². The van der Waals surface area contributed by atoms with Gasteiger partial charge in [0.25, 0.3) is 5.91 Å². The van der Waals surface area contributed by atoms with Gasteiger partial charge in [-0.05, 0) is 57.2 Å². The number of anilines is 1. The number of hydrogen-bond acceptors (Lipinski definition) is 6. The lowest BCUT2D eigenvalue weighted by molar-refractivity contribution is -0.119. The predicted molar refractivity (Wildman–Crippen MR) is 126 cm³/mol. The standard InChI is InChI=1S/C21H26BrN3O5S/c1-14(2)16-6-8-17(9-7-16)25(31(5,27)28)13-20(26)24-23-12-15-10-18(22)21(30-4)19(11-15)29-3/h6-12,14H,13H2,1-5H3,(H,24,26)/b23-12-. The number of hydrazone groups is 1. The van der Waals surface area contributed by atoms with Gasteiger partial charge < -0.3 is 9.47 Å². The topological polar surface area (TPSA) is 97.3 Å². The lowest BCUT2D eigenvalue weighted by Crippen LogP contribution is -2.39. The van der Waals surface area contributed by atoms with Crippen molar-refractivity contribution in [2.45, 2.75) is 19.8 Å². The molecule has 0 saturated carbocycles. The number of carbonyl (C=O) groups excluding carboxylic acids is 1. The number of nitrogens with zero attached hydrogens (tertiary/aromatic N) is 2. The summed E-state index contributed by atoms with van der Waals surface area (Å²) in [6.45, 7) is 3.70. The maximum absolute atomic E-state index is 12.3. The molecule has 0 unspecified atom stereocenters. The van der Waals surface area contributed by atoms with E-state index in [1.54, 1.807) is 24.3 Å². The van der Waals surface area contributed by atoms with Crippen molar-refractivity contribution in [2.24, 2.45) is 5.10 Å². The van der Waals surface area contributed by atoms with Crippen LogP contribution in [0.1, 0.15) is 30.9 Å². The SMILES string of the molecule is COc1cc(/C=N\NC(=O)CN(c2ccc(C(C)C)cc2)S(C)(=O)=O)cc(Br)c1OC. The van der Waals surface area contributed by atoms with Gasteiger partial charge in [-0.3, -0.25) is 9.10 Å². The molecule has 8 nitrogen and oxygen atoms in total. The van der Waals surface area contributed by atoms with Crippen molar-refractivity contribution >= 4 is 43.8 Å². The number of hydrogen-bond donors (Lipinski definition) is 1. The van der Waals surface area contributed by atoms with Gasteiger partial charge in [0, 0.05) is 0 Å². The van der Waals surface area contributed by atoms with Crippen molar-refractivity contribution in [1.29, 1.82) is 0 Å². The molecule has 0 radical (unpaired) electrons. The number of methoxy groups -OCH3 is 2. The van der Waals surface area contributed by atoms with Crippen molar-refractivity contribution in [3.05, 3.63) is 52.0 Å². The first-order valence-corrected chi connectivity index (χ1v) is 12.0. The minimum Gasteiger partial charge on any atom is -0.493 e. The van der Waals surface area contributed by atoms with Crippen molar-refractivity contribution in [3.63, 3.8) is 0 Å². The van der Waals surface area contributed by atoms with E-state index in [0.717, 1.165) is 16.1 Å². The quantitative estimate of drug-likeness (QED) is 0.410. The molecule has 0 fully saturated rings. The molecule has 31 heavy (non-hydrogen) atoms. The second-order valence-corrected chi connectivity index (χ2v) is 9.81. The van der Waals surface area contributed by atoms with Crippen LogP contribution < -0.4 is 19.2 Å². The minimum atomic E-state index is -3.66. The van der Waals surface area contributed by atoms with Crippen LogP contribution in [0.5, 0.6) is 11.5 Å². The molecule has 0 heterocycles. The molecule has 0 aromatic heterocycles. The number of ether oxygens (including phenoxy) is 2. The molecule has 2 rings (SSSR count). The number of rotatable bonds is 9. The van der Waals surface area contributed by atoms with Crippen LogP contribution in [0.25, 0.3) is 0 Å². The highest BCUT2D eigenvalue weighted by Crippen LogP contribution is 2.35. The molecule has 1 N–H and O–H groups in total. The first kappa shape index (κ1) is 24.7. The van der Waals surface area contributed by atoms with E-state index in [4.69, 9.17) is 9.47 Å². The fraction of sp³-hybridized carbons (Fsp3) is 0.333. The van der Waals surface area contributed by atoms with Gasteiger partial charge in [-0.25, -0.2) is 13.8 Å². The van der Waals surface area contributed by atoms with Gasteiger partial charge in [-0.2, -0.15) is 5.10 Å². The Bertz CT molecular complexity index is 1050. The number of benzene rings is 2. The van der Waals surface area contributed by atoms with E-state index in [9.17, 15) is 13.2 Å². The first-order valence-electron chi connectivity index (χ1n) is 9.38. The largest absolute Gasteiger partial charge is 0.493 e.